The van der Waals surface area contributed by atoms with Crippen molar-refractivity contribution >= 4 is 0 Å². The number of hydrogen-bond donors (Lipinski definition) is 0. The fourth-order valence-corrected chi connectivity index (χ4v) is 2.70. The molecule has 0 amide bonds. The Labute approximate surface area is 185 Å². The third kappa shape index (κ3) is 6.53. The number of rotatable bonds is 12. The van der Waals surface area contributed by atoms with Gasteiger partial charge in [-0.05, 0) is 0 Å². The van der Waals surface area contributed by atoms with Crippen molar-refractivity contribution in [3.63, 3.8) is 0 Å². The topological polar surface area (TPSA) is 0 Å². The summed E-state index contributed by atoms with van der Waals surface area (Å²) >= 11 is 0. The molecule has 0 aromatic rings. The third-order valence-electron chi connectivity index (χ3n) is 4.93. The van der Waals surface area contributed by atoms with Crippen molar-refractivity contribution in [1.82, 2.24) is 0 Å². The van der Waals surface area contributed by atoms with Crippen molar-refractivity contribution in [2.45, 2.75) is 73.6 Å². The lowest BCUT2D eigenvalue weighted by Gasteiger charge is -2.36. The molecule has 0 radical (unpaired) electrons. The van der Waals surface area contributed by atoms with E-state index >= 15 is 0 Å². The average Bonchev–Trinajstić information content (AvgIpc) is 2.58. The van der Waals surface area contributed by atoms with Crippen molar-refractivity contribution in [1.29, 1.82) is 0 Å². The van der Waals surface area contributed by atoms with E-state index in [1.807, 2.05) is 0 Å². The SMILES string of the molecule is C[N+](C)(CCCC(F)(F)C(F)(F)C(F)(F)C(F)(F)F)CCCC(F)(F)C(F)(F)C(F)(F)C(F)(F)F. The number of nitrogens with zero attached hydrogens (tertiary/aromatic N) is 1. The predicted molar refractivity (Wildman–Crippen MR) is 82.1 cm³/mol. The van der Waals surface area contributed by atoms with Crippen LogP contribution < -0.4 is 0 Å². The lowest BCUT2D eigenvalue weighted by Crippen LogP contribution is -2.61. The molecule has 35 heavy (non-hydrogen) atoms. The minimum Gasteiger partial charge on any atom is -0.328 e. The first-order valence-corrected chi connectivity index (χ1v) is 9.14. The standard InChI is InChI=1S/C16H18F18N/c1-35(2,7-3-5-9(17,18)11(21,22)13(25,26)15(29,30)31)8-4-6-10(19,20)12(23,24)14(27,28)16(32,33)34/h3-8H2,1-2H3/q+1. The highest BCUT2D eigenvalue weighted by molar-refractivity contribution is 5.01. The zero-order chi connectivity index (χ0) is 28.7. The summed E-state index contributed by atoms with van der Waals surface area (Å²) in [6.45, 7) is -1.66. The minimum absolute atomic E-state index is 0.829. The van der Waals surface area contributed by atoms with Crippen LogP contribution in [-0.4, -0.2) is 79.6 Å². The summed E-state index contributed by atoms with van der Waals surface area (Å²) in [6.07, 6.45) is -21.1. The fourth-order valence-electron chi connectivity index (χ4n) is 2.70. The Morgan fingerprint density at radius 3 is 0.829 bits per heavy atom. The van der Waals surface area contributed by atoms with Crippen LogP contribution in [0.2, 0.25) is 0 Å². The highest BCUT2D eigenvalue weighted by Gasteiger charge is 2.82. The van der Waals surface area contributed by atoms with E-state index in [4.69, 9.17) is 0 Å². The number of alkyl halides is 18. The van der Waals surface area contributed by atoms with Crippen molar-refractivity contribution in [3.8, 4) is 0 Å². The molecule has 0 aliphatic rings. The molecule has 0 aliphatic heterocycles. The molecule has 0 saturated heterocycles. The molecular formula is C16H18F18N+. The van der Waals surface area contributed by atoms with Crippen LogP contribution in [0.1, 0.15) is 25.7 Å². The van der Waals surface area contributed by atoms with Gasteiger partial charge in [0, 0.05) is 25.7 Å². The molecule has 0 bridgehead atoms. The van der Waals surface area contributed by atoms with Gasteiger partial charge in [0.25, 0.3) is 0 Å². The van der Waals surface area contributed by atoms with Gasteiger partial charge in [-0.3, -0.25) is 0 Å². The highest BCUT2D eigenvalue weighted by atomic mass is 19.4. The number of hydrogen-bond acceptors (Lipinski definition) is 0. The summed E-state index contributed by atoms with van der Waals surface area (Å²) < 4.78 is 229. The van der Waals surface area contributed by atoms with E-state index in [0.29, 0.717) is 0 Å². The molecule has 0 saturated carbocycles. The van der Waals surface area contributed by atoms with Crippen LogP contribution in [0.3, 0.4) is 0 Å². The number of quaternary nitrogens is 1. The van der Waals surface area contributed by atoms with Crippen LogP contribution >= 0.6 is 0 Å². The van der Waals surface area contributed by atoms with Gasteiger partial charge in [-0.1, -0.05) is 0 Å². The maximum atomic E-state index is 13.5. The summed E-state index contributed by atoms with van der Waals surface area (Å²) in [5, 5.41) is 0. The number of halogens is 18. The van der Waals surface area contributed by atoms with Gasteiger partial charge in [0.15, 0.2) is 0 Å². The van der Waals surface area contributed by atoms with Gasteiger partial charge in [0.05, 0.1) is 27.2 Å². The summed E-state index contributed by atoms with van der Waals surface area (Å²) in [4.78, 5) is 0. The molecule has 19 heteroatoms. The normalized spacial score (nSPS) is 16.1. The van der Waals surface area contributed by atoms with Crippen molar-refractivity contribution in [2.75, 3.05) is 27.2 Å². The molecule has 0 rings (SSSR count). The monoisotopic (exact) mass is 566 g/mol. The van der Waals surface area contributed by atoms with E-state index in [1.54, 1.807) is 0 Å². The average molecular weight is 566 g/mol. The molecule has 0 heterocycles. The molecule has 0 aromatic carbocycles. The molecule has 0 atom stereocenters. The molecule has 0 fully saturated rings. The van der Waals surface area contributed by atoms with Crippen LogP contribution in [-0.2, 0) is 0 Å². The molecule has 0 aromatic heterocycles. The van der Waals surface area contributed by atoms with E-state index in [-0.39, 0.29) is 0 Å². The smallest absolute Gasteiger partial charge is 0.328 e. The van der Waals surface area contributed by atoms with Gasteiger partial charge in [-0.2, -0.15) is 79.0 Å². The Balaban J connectivity index is 5.17. The zero-order valence-electron chi connectivity index (χ0n) is 17.5. The summed E-state index contributed by atoms with van der Waals surface area (Å²) in [6, 6.07) is 0. The third-order valence-corrected chi connectivity index (χ3v) is 4.93. The van der Waals surface area contributed by atoms with Crippen LogP contribution in [0.5, 0.6) is 0 Å². The quantitative estimate of drug-likeness (QED) is 0.169. The maximum Gasteiger partial charge on any atom is 0.460 e. The second kappa shape index (κ2) is 9.54. The highest BCUT2D eigenvalue weighted by Crippen LogP contribution is 2.55. The van der Waals surface area contributed by atoms with E-state index in [0.717, 1.165) is 14.1 Å². The maximum absolute atomic E-state index is 13.5. The molecule has 0 spiro atoms. The molecular weight excluding hydrogens is 548 g/mol. The largest absolute Gasteiger partial charge is 0.460 e. The van der Waals surface area contributed by atoms with Gasteiger partial charge in [0.2, 0.25) is 0 Å². The van der Waals surface area contributed by atoms with Gasteiger partial charge in [-0.25, -0.2) is 0 Å². The van der Waals surface area contributed by atoms with E-state index in [2.05, 4.69) is 0 Å². The van der Waals surface area contributed by atoms with Gasteiger partial charge in [-0.15, -0.1) is 0 Å². The lowest BCUT2D eigenvalue weighted by atomic mass is 9.98. The Bertz CT molecular complexity index is 644. The summed E-state index contributed by atoms with van der Waals surface area (Å²) in [7, 11) is 1.86. The van der Waals surface area contributed by atoms with Crippen molar-refractivity contribution in [3.05, 3.63) is 0 Å². The van der Waals surface area contributed by atoms with Crippen molar-refractivity contribution < 1.29 is 83.5 Å². The van der Waals surface area contributed by atoms with Gasteiger partial charge >= 0.3 is 47.9 Å². The van der Waals surface area contributed by atoms with E-state index < -0.39 is 91.1 Å². The van der Waals surface area contributed by atoms with E-state index in [9.17, 15) is 79.0 Å². The summed E-state index contributed by atoms with van der Waals surface area (Å²) in [5.41, 5.74) is 0. The molecule has 212 valence electrons. The Morgan fingerprint density at radius 1 is 0.400 bits per heavy atom. The first kappa shape index (κ1) is 33.7. The van der Waals surface area contributed by atoms with Crippen LogP contribution in [0, 0.1) is 0 Å². The lowest BCUT2D eigenvalue weighted by molar-refractivity contribution is -0.891. The van der Waals surface area contributed by atoms with Crippen LogP contribution in [0.15, 0.2) is 0 Å². The van der Waals surface area contributed by atoms with Crippen LogP contribution in [0.25, 0.3) is 0 Å². The summed E-state index contributed by atoms with van der Waals surface area (Å²) in [5.74, 6) is -39.8. The molecule has 1 nitrogen and oxygen atoms in total. The minimum atomic E-state index is -7.12. The molecule has 0 aliphatic carbocycles. The second-order valence-corrected chi connectivity index (χ2v) is 8.29. The predicted octanol–water partition coefficient (Wildman–Crippen LogP) is 7.56. The fraction of sp³-hybridized carbons (Fsp3) is 1.00. The molecule has 0 unspecified atom stereocenters. The van der Waals surface area contributed by atoms with Crippen LogP contribution in [0.4, 0.5) is 79.0 Å². The van der Waals surface area contributed by atoms with Gasteiger partial charge in [0.1, 0.15) is 0 Å². The Kier molecular flexibility index (Phi) is 9.18. The first-order chi connectivity index (χ1) is 14.9. The zero-order valence-corrected chi connectivity index (χ0v) is 17.5. The molecule has 0 N–H and O–H groups in total. The van der Waals surface area contributed by atoms with Crippen molar-refractivity contribution in [2.24, 2.45) is 0 Å². The Hall–Kier alpha value is -1.30. The Morgan fingerprint density at radius 2 is 0.629 bits per heavy atom. The first-order valence-electron chi connectivity index (χ1n) is 9.14. The van der Waals surface area contributed by atoms with E-state index in [1.165, 1.54) is 0 Å². The van der Waals surface area contributed by atoms with Gasteiger partial charge < -0.3 is 4.48 Å². The second-order valence-electron chi connectivity index (χ2n) is 8.29.